The zero-order valence-corrected chi connectivity index (χ0v) is 15.2. The molecular formula is C19H20N2O4S. The maximum atomic E-state index is 11.9. The molecule has 0 saturated heterocycles. The largest absolute Gasteiger partial charge is 0.462 e. The van der Waals surface area contributed by atoms with Crippen LogP contribution in [0.5, 0.6) is 0 Å². The molecule has 2 N–H and O–H groups in total. The van der Waals surface area contributed by atoms with Crippen molar-refractivity contribution in [1.82, 2.24) is 0 Å². The number of thioether (sulfide) groups is 1. The smallest absolute Gasteiger partial charge is 0.338 e. The Bertz CT molecular complexity index is 748. The molecule has 0 radical (unpaired) electrons. The molecule has 0 unspecified atom stereocenters. The van der Waals surface area contributed by atoms with E-state index >= 15 is 0 Å². The van der Waals surface area contributed by atoms with Crippen LogP contribution in [0.4, 0.5) is 11.4 Å². The number of carbonyl (C=O) groups excluding carboxylic acids is 3. The summed E-state index contributed by atoms with van der Waals surface area (Å²) in [5, 5.41) is 5.48. The summed E-state index contributed by atoms with van der Waals surface area (Å²) in [5.74, 6) is -0.434. The Hall–Kier alpha value is -2.80. The van der Waals surface area contributed by atoms with Gasteiger partial charge in [-0.25, -0.2) is 4.79 Å². The number of amides is 2. The number of esters is 1. The molecule has 0 bridgehead atoms. The first kappa shape index (κ1) is 19.5. The van der Waals surface area contributed by atoms with Crippen molar-refractivity contribution >= 4 is 40.9 Å². The van der Waals surface area contributed by atoms with Crippen molar-refractivity contribution in [2.75, 3.05) is 28.7 Å². The van der Waals surface area contributed by atoms with Crippen LogP contribution in [-0.2, 0) is 14.3 Å². The Morgan fingerprint density at radius 1 is 0.846 bits per heavy atom. The molecule has 2 aromatic rings. The molecule has 0 aliphatic rings. The van der Waals surface area contributed by atoms with Gasteiger partial charge in [0.15, 0.2) is 0 Å². The van der Waals surface area contributed by atoms with E-state index in [9.17, 15) is 14.4 Å². The fourth-order valence-electron chi connectivity index (χ4n) is 2.06. The van der Waals surface area contributed by atoms with Gasteiger partial charge in [-0.3, -0.25) is 9.59 Å². The zero-order valence-electron chi connectivity index (χ0n) is 14.4. The highest BCUT2D eigenvalue weighted by molar-refractivity contribution is 8.00. The molecule has 0 heterocycles. The molecule has 136 valence electrons. The highest BCUT2D eigenvalue weighted by Gasteiger charge is 2.08. The fourth-order valence-corrected chi connectivity index (χ4v) is 2.67. The van der Waals surface area contributed by atoms with Crippen molar-refractivity contribution in [2.24, 2.45) is 0 Å². The molecule has 2 rings (SSSR count). The number of carbonyl (C=O) groups is 3. The number of hydrogen-bond acceptors (Lipinski definition) is 5. The molecule has 0 aromatic heterocycles. The van der Waals surface area contributed by atoms with Gasteiger partial charge in [0.2, 0.25) is 11.8 Å². The van der Waals surface area contributed by atoms with E-state index < -0.39 is 5.97 Å². The monoisotopic (exact) mass is 372 g/mol. The second-order valence-electron chi connectivity index (χ2n) is 5.25. The van der Waals surface area contributed by atoms with Gasteiger partial charge in [0.25, 0.3) is 0 Å². The third kappa shape index (κ3) is 6.60. The van der Waals surface area contributed by atoms with E-state index in [0.29, 0.717) is 17.9 Å². The lowest BCUT2D eigenvalue weighted by atomic mass is 10.2. The van der Waals surface area contributed by atoms with Crippen LogP contribution in [0.15, 0.2) is 54.6 Å². The molecule has 0 aliphatic heterocycles. The van der Waals surface area contributed by atoms with Gasteiger partial charge in [0.1, 0.15) is 0 Å². The van der Waals surface area contributed by atoms with Gasteiger partial charge in [-0.15, -0.1) is 11.8 Å². The van der Waals surface area contributed by atoms with Gasteiger partial charge in [0.05, 0.1) is 23.7 Å². The summed E-state index contributed by atoms with van der Waals surface area (Å²) in [7, 11) is 0. The highest BCUT2D eigenvalue weighted by atomic mass is 32.2. The Morgan fingerprint density at radius 2 is 1.38 bits per heavy atom. The summed E-state index contributed by atoms with van der Waals surface area (Å²) in [4.78, 5) is 35.3. The first-order valence-corrected chi connectivity index (χ1v) is 9.23. The van der Waals surface area contributed by atoms with Crippen LogP contribution in [0.25, 0.3) is 0 Å². The highest BCUT2D eigenvalue weighted by Crippen LogP contribution is 2.12. The number of para-hydroxylation sites is 1. The van der Waals surface area contributed by atoms with E-state index in [1.165, 1.54) is 11.8 Å². The van der Waals surface area contributed by atoms with Crippen LogP contribution in [0.1, 0.15) is 17.3 Å². The van der Waals surface area contributed by atoms with Crippen LogP contribution in [-0.4, -0.2) is 35.9 Å². The average molecular weight is 372 g/mol. The van der Waals surface area contributed by atoms with Crippen molar-refractivity contribution < 1.29 is 19.1 Å². The van der Waals surface area contributed by atoms with Crippen molar-refractivity contribution in [1.29, 1.82) is 0 Å². The predicted octanol–water partition coefficient (Wildman–Crippen LogP) is 3.17. The summed E-state index contributed by atoms with van der Waals surface area (Å²) < 4.78 is 4.90. The fraction of sp³-hybridized carbons (Fsp3) is 0.211. The van der Waals surface area contributed by atoms with Gasteiger partial charge in [-0.1, -0.05) is 18.2 Å². The maximum Gasteiger partial charge on any atom is 0.338 e. The third-order valence-corrected chi connectivity index (χ3v) is 4.14. The van der Waals surface area contributed by atoms with Crippen molar-refractivity contribution in [2.45, 2.75) is 6.92 Å². The average Bonchev–Trinajstić information content (AvgIpc) is 2.63. The lowest BCUT2D eigenvalue weighted by molar-refractivity contribution is -0.114. The Labute approximate surface area is 156 Å². The molecule has 7 heteroatoms. The van der Waals surface area contributed by atoms with E-state index in [1.54, 1.807) is 43.3 Å². The SMILES string of the molecule is CCOC(=O)c1ccc(NC(=O)CSCC(=O)Nc2ccccc2)cc1. The Morgan fingerprint density at radius 3 is 1.92 bits per heavy atom. The van der Waals surface area contributed by atoms with Crippen LogP contribution in [0.2, 0.25) is 0 Å². The minimum Gasteiger partial charge on any atom is -0.462 e. The molecule has 2 aromatic carbocycles. The molecule has 0 fully saturated rings. The summed E-state index contributed by atoms with van der Waals surface area (Å²) in [6.45, 7) is 2.05. The second kappa shape index (κ2) is 10.2. The first-order chi connectivity index (χ1) is 12.6. The van der Waals surface area contributed by atoms with Gasteiger partial charge in [-0.05, 0) is 43.3 Å². The van der Waals surface area contributed by atoms with Crippen molar-refractivity contribution in [3.05, 3.63) is 60.2 Å². The molecule has 0 atom stereocenters. The number of hydrogen-bond donors (Lipinski definition) is 2. The van der Waals surface area contributed by atoms with Crippen molar-refractivity contribution in [3.8, 4) is 0 Å². The maximum absolute atomic E-state index is 11.9. The van der Waals surface area contributed by atoms with Gasteiger partial charge in [-0.2, -0.15) is 0 Å². The predicted molar refractivity (Wildman–Crippen MR) is 103 cm³/mol. The first-order valence-electron chi connectivity index (χ1n) is 8.08. The van der Waals surface area contributed by atoms with E-state index in [2.05, 4.69) is 10.6 Å². The number of nitrogens with one attached hydrogen (secondary N) is 2. The van der Waals surface area contributed by atoms with Crippen LogP contribution in [0.3, 0.4) is 0 Å². The molecule has 0 spiro atoms. The van der Waals surface area contributed by atoms with Crippen molar-refractivity contribution in [3.63, 3.8) is 0 Å². The summed E-state index contributed by atoms with van der Waals surface area (Å²) >= 11 is 1.22. The standard InChI is InChI=1S/C19H20N2O4S/c1-2-25-19(24)14-8-10-16(11-9-14)21-18(23)13-26-12-17(22)20-15-6-4-3-5-7-15/h3-11H,2,12-13H2,1H3,(H,20,22)(H,21,23). The molecule has 26 heavy (non-hydrogen) atoms. The molecule has 0 saturated carbocycles. The number of ether oxygens (including phenoxy) is 1. The summed E-state index contributed by atoms with van der Waals surface area (Å²) in [6, 6.07) is 15.6. The molecule has 6 nitrogen and oxygen atoms in total. The molecule has 2 amide bonds. The van der Waals surface area contributed by atoms with Crippen LogP contribution < -0.4 is 10.6 Å². The van der Waals surface area contributed by atoms with E-state index in [0.717, 1.165) is 5.69 Å². The minimum atomic E-state index is -0.398. The quantitative estimate of drug-likeness (QED) is 0.695. The Kier molecular flexibility index (Phi) is 7.70. The van der Waals surface area contributed by atoms with Gasteiger partial charge in [0, 0.05) is 11.4 Å². The lowest BCUT2D eigenvalue weighted by Gasteiger charge is -2.07. The van der Waals surface area contributed by atoms with E-state index in [4.69, 9.17) is 4.74 Å². The summed E-state index contributed by atoms with van der Waals surface area (Å²) in [6.07, 6.45) is 0. The van der Waals surface area contributed by atoms with Crippen LogP contribution >= 0.6 is 11.8 Å². The van der Waals surface area contributed by atoms with E-state index in [-0.39, 0.29) is 23.3 Å². The normalized spacial score (nSPS) is 10.0. The second-order valence-corrected chi connectivity index (χ2v) is 6.24. The zero-order chi connectivity index (χ0) is 18.8. The number of anilines is 2. The molecule has 0 aliphatic carbocycles. The summed E-state index contributed by atoms with van der Waals surface area (Å²) in [5.41, 5.74) is 1.73. The lowest BCUT2D eigenvalue weighted by Crippen LogP contribution is -2.18. The van der Waals surface area contributed by atoms with Gasteiger partial charge >= 0.3 is 5.97 Å². The third-order valence-electron chi connectivity index (χ3n) is 3.20. The van der Waals surface area contributed by atoms with Crippen LogP contribution in [0, 0.1) is 0 Å². The number of benzene rings is 2. The Balaban J connectivity index is 1.71. The molecular weight excluding hydrogens is 352 g/mol. The van der Waals surface area contributed by atoms with E-state index in [1.807, 2.05) is 18.2 Å². The van der Waals surface area contributed by atoms with Gasteiger partial charge < -0.3 is 15.4 Å². The number of rotatable bonds is 8. The minimum absolute atomic E-state index is 0.155. The topological polar surface area (TPSA) is 84.5 Å².